The van der Waals surface area contributed by atoms with E-state index < -0.39 is 15.1 Å². The maximum Gasteiger partial charge on any atom is 0.257 e. The van der Waals surface area contributed by atoms with Gasteiger partial charge >= 0.3 is 0 Å². The zero-order valence-electron chi connectivity index (χ0n) is 13.1. The van der Waals surface area contributed by atoms with Crippen LogP contribution in [0.1, 0.15) is 34.1 Å². The van der Waals surface area contributed by atoms with Crippen molar-refractivity contribution in [2.45, 2.75) is 31.3 Å². The molecule has 1 atom stereocenters. The lowest BCUT2D eigenvalue weighted by atomic mass is 10.2. The maximum atomic E-state index is 12.5. The first-order chi connectivity index (χ1) is 10.9. The van der Waals surface area contributed by atoms with Crippen LogP contribution in [0.15, 0.2) is 33.3 Å². The van der Waals surface area contributed by atoms with Gasteiger partial charge in [0.2, 0.25) is 0 Å². The second-order valence-corrected chi connectivity index (χ2v) is 8.16. The Morgan fingerprint density at radius 2 is 2.17 bits per heavy atom. The van der Waals surface area contributed by atoms with Gasteiger partial charge in [0.1, 0.15) is 23.0 Å². The van der Waals surface area contributed by atoms with Crippen LogP contribution in [-0.4, -0.2) is 37.6 Å². The van der Waals surface area contributed by atoms with Crippen LogP contribution >= 0.6 is 0 Å². The number of hydrogen-bond donors (Lipinski definition) is 0. The molecule has 2 aromatic rings. The Bertz CT molecular complexity index is 804. The summed E-state index contributed by atoms with van der Waals surface area (Å²) in [4.78, 5) is 14.1. The molecular formula is C16H19NO5S. The average Bonchev–Trinajstić information content (AvgIpc) is 3.18. The Labute approximate surface area is 135 Å². The van der Waals surface area contributed by atoms with E-state index in [0.717, 1.165) is 0 Å². The number of likely N-dealkylation sites (tertiary alicyclic amines) is 1. The number of aryl methyl sites for hydroxylation is 2. The van der Waals surface area contributed by atoms with Crippen molar-refractivity contribution < 1.29 is 22.0 Å². The van der Waals surface area contributed by atoms with Crippen LogP contribution in [0.25, 0.3) is 0 Å². The summed E-state index contributed by atoms with van der Waals surface area (Å²) < 4.78 is 35.4. The molecule has 0 aromatic carbocycles. The quantitative estimate of drug-likeness (QED) is 0.855. The Kier molecular flexibility index (Phi) is 4.06. The lowest BCUT2D eigenvalue weighted by Gasteiger charge is -2.16. The Hall–Kier alpha value is -2.02. The predicted molar refractivity (Wildman–Crippen MR) is 83.8 cm³/mol. The van der Waals surface area contributed by atoms with E-state index >= 15 is 0 Å². The van der Waals surface area contributed by atoms with Gasteiger partial charge in [-0.1, -0.05) is 0 Å². The van der Waals surface area contributed by atoms with E-state index in [9.17, 15) is 13.2 Å². The third-order valence-corrected chi connectivity index (χ3v) is 6.22. The topological polar surface area (TPSA) is 80.7 Å². The standard InChI is InChI=1S/C16H19NO5S/c1-11-8-15(12(2)22-11)16(18)17-6-5-14(9-17)23(19,20)10-13-4-3-7-21-13/h3-4,7-8,14H,5-6,9-10H2,1-2H3. The normalized spacial score (nSPS) is 18.5. The van der Waals surface area contributed by atoms with Gasteiger partial charge < -0.3 is 13.7 Å². The third kappa shape index (κ3) is 3.19. The first-order valence-electron chi connectivity index (χ1n) is 7.47. The molecule has 124 valence electrons. The molecule has 2 aromatic heterocycles. The van der Waals surface area contributed by atoms with Crippen LogP contribution in [0.3, 0.4) is 0 Å². The third-order valence-electron chi connectivity index (χ3n) is 4.14. The summed E-state index contributed by atoms with van der Waals surface area (Å²) in [5.74, 6) is 1.36. The van der Waals surface area contributed by atoms with E-state index in [1.165, 1.54) is 6.26 Å². The molecule has 6 nitrogen and oxygen atoms in total. The van der Waals surface area contributed by atoms with Crippen LogP contribution in [0.4, 0.5) is 0 Å². The van der Waals surface area contributed by atoms with Crippen molar-refractivity contribution in [2.75, 3.05) is 13.1 Å². The summed E-state index contributed by atoms with van der Waals surface area (Å²) in [6.07, 6.45) is 1.91. The van der Waals surface area contributed by atoms with E-state index in [4.69, 9.17) is 8.83 Å². The molecule has 1 unspecified atom stereocenters. The molecule has 7 heteroatoms. The molecule has 0 aliphatic carbocycles. The molecular weight excluding hydrogens is 318 g/mol. The molecule has 3 heterocycles. The number of furan rings is 2. The Balaban J connectivity index is 1.70. The van der Waals surface area contributed by atoms with Gasteiger partial charge in [0.05, 0.1) is 17.1 Å². The molecule has 23 heavy (non-hydrogen) atoms. The second-order valence-electron chi connectivity index (χ2n) is 5.88. The molecule has 1 saturated heterocycles. The highest BCUT2D eigenvalue weighted by Gasteiger charge is 2.36. The molecule has 0 spiro atoms. The molecule has 0 radical (unpaired) electrons. The van der Waals surface area contributed by atoms with Crippen molar-refractivity contribution in [1.82, 2.24) is 4.90 Å². The highest BCUT2D eigenvalue weighted by atomic mass is 32.2. The first-order valence-corrected chi connectivity index (χ1v) is 9.18. The van der Waals surface area contributed by atoms with Crippen LogP contribution in [0.2, 0.25) is 0 Å². The fraction of sp³-hybridized carbons (Fsp3) is 0.438. The van der Waals surface area contributed by atoms with Gasteiger partial charge in [0.15, 0.2) is 9.84 Å². The minimum absolute atomic E-state index is 0.128. The number of carbonyl (C=O) groups is 1. The van der Waals surface area contributed by atoms with E-state index in [1.54, 1.807) is 36.9 Å². The van der Waals surface area contributed by atoms with Crippen molar-refractivity contribution in [3.63, 3.8) is 0 Å². The van der Waals surface area contributed by atoms with Gasteiger partial charge in [-0.25, -0.2) is 8.42 Å². The highest BCUT2D eigenvalue weighted by Crippen LogP contribution is 2.24. The highest BCUT2D eigenvalue weighted by molar-refractivity contribution is 7.91. The first kappa shape index (κ1) is 15.9. The lowest BCUT2D eigenvalue weighted by Crippen LogP contribution is -2.32. The molecule has 1 aliphatic heterocycles. The van der Waals surface area contributed by atoms with E-state index in [2.05, 4.69) is 0 Å². The van der Waals surface area contributed by atoms with Gasteiger partial charge in [-0.05, 0) is 38.5 Å². The summed E-state index contributed by atoms with van der Waals surface area (Å²) in [5, 5.41) is -0.551. The van der Waals surface area contributed by atoms with Crippen molar-refractivity contribution in [2.24, 2.45) is 0 Å². The smallest absolute Gasteiger partial charge is 0.257 e. The van der Waals surface area contributed by atoms with Gasteiger partial charge in [-0.2, -0.15) is 0 Å². The summed E-state index contributed by atoms with van der Waals surface area (Å²) in [7, 11) is -3.35. The average molecular weight is 337 g/mol. The predicted octanol–water partition coefficient (Wildman–Crippen LogP) is 2.32. The molecule has 0 saturated carbocycles. The molecule has 1 amide bonds. The summed E-state index contributed by atoms with van der Waals surface area (Å²) >= 11 is 0. The number of amides is 1. The summed E-state index contributed by atoms with van der Waals surface area (Å²) in [6, 6.07) is 5.01. The van der Waals surface area contributed by atoms with Gasteiger partial charge in [0, 0.05) is 13.1 Å². The van der Waals surface area contributed by atoms with Crippen LogP contribution in [0, 0.1) is 13.8 Å². The molecule has 0 N–H and O–H groups in total. The lowest BCUT2D eigenvalue weighted by molar-refractivity contribution is 0.0791. The minimum Gasteiger partial charge on any atom is -0.468 e. The Morgan fingerprint density at radius 1 is 1.39 bits per heavy atom. The van der Waals surface area contributed by atoms with Crippen molar-refractivity contribution in [3.05, 3.63) is 47.3 Å². The maximum absolute atomic E-state index is 12.5. The van der Waals surface area contributed by atoms with Crippen molar-refractivity contribution >= 4 is 15.7 Å². The number of sulfone groups is 1. The van der Waals surface area contributed by atoms with Gasteiger partial charge in [-0.15, -0.1) is 0 Å². The van der Waals surface area contributed by atoms with Crippen LogP contribution in [-0.2, 0) is 15.6 Å². The van der Waals surface area contributed by atoms with E-state index in [1.807, 2.05) is 0 Å². The number of rotatable bonds is 4. The monoisotopic (exact) mass is 337 g/mol. The van der Waals surface area contributed by atoms with Crippen molar-refractivity contribution in [3.8, 4) is 0 Å². The van der Waals surface area contributed by atoms with E-state index in [0.29, 0.717) is 35.8 Å². The number of nitrogens with zero attached hydrogens (tertiary/aromatic N) is 1. The van der Waals surface area contributed by atoms with E-state index in [-0.39, 0.29) is 18.2 Å². The zero-order chi connectivity index (χ0) is 16.6. The fourth-order valence-electron chi connectivity index (χ4n) is 2.93. The Morgan fingerprint density at radius 3 is 2.78 bits per heavy atom. The number of hydrogen-bond acceptors (Lipinski definition) is 5. The number of carbonyl (C=O) groups excluding carboxylic acids is 1. The molecule has 1 fully saturated rings. The molecule has 3 rings (SSSR count). The zero-order valence-corrected chi connectivity index (χ0v) is 13.9. The minimum atomic E-state index is -3.35. The van der Waals surface area contributed by atoms with Crippen molar-refractivity contribution in [1.29, 1.82) is 0 Å². The summed E-state index contributed by atoms with van der Waals surface area (Å²) in [6.45, 7) is 4.17. The van der Waals surface area contributed by atoms with Gasteiger partial charge in [0.25, 0.3) is 5.91 Å². The summed E-state index contributed by atoms with van der Waals surface area (Å²) in [5.41, 5.74) is 0.506. The second kappa shape index (κ2) is 5.88. The molecule has 0 bridgehead atoms. The largest absolute Gasteiger partial charge is 0.468 e. The van der Waals surface area contributed by atoms with Crippen LogP contribution in [0.5, 0.6) is 0 Å². The molecule has 1 aliphatic rings. The SMILES string of the molecule is Cc1cc(C(=O)N2CCC(S(=O)(=O)Cc3ccco3)C2)c(C)o1. The fourth-order valence-corrected chi connectivity index (χ4v) is 4.60. The van der Waals surface area contributed by atoms with Crippen LogP contribution < -0.4 is 0 Å². The van der Waals surface area contributed by atoms with Gasteiger partial charge in [-0.3, -0.25) is 4.79 Å².